The second-order valence-electron chi connectivity index (χ2n) is 5.73. The van der Waals surface area contributed by atoms with E-state index in [0.29, 0.717) is 6.54 Å². The Labute approximate surface area is 121 Å². The summed E-state index contributed by atoms with van der Waals surface area (Å²) in [5, 5.41) is 8.86. The number of piperidine rings is 1. The molecular weight excluding hydrogens is 256 g/mol. The summed E-state index contributed by atoms with van der Waals surface area (Å²) in [6.45, 7) is 8.07. The predicted octanol–water partition coefficient (Wildman–Crippen LogP) is 2.80. The number of amides is 2. The highest BCUT2D eigenvalue weighted by molar-refractivity contribution is 5.76. The average molecular weight is 284 g/mol. The molecule has 0 aliphatic carbocycles. The van der Waals surface area contributed by atoms with E-state index in [1.165, 1.54) is 12.8 Å². The summed E-state index contributed by atoms with van der Waals surface area (Å²) in [5.41, 5.74) is 0. The van der Waals surface area contributed by atoms with E-state index in [2.05, 4.69) is 6.92 Å². The van der Waals surface area contributed by atoms with Gasteiger partial charge in [0, 0.05) is 25.7 Å². The summed E-state index contributed by atoms with van der Waals surface area (Å²) in [4.78, 5) is 26.8. The molecule has 1 aliphatic rings. The van der Waals surface area contributed by atoms with Crippen molar-refractivity contribution in [3.8, 4) is 0 Å². The SMILES string of the molecule is CCCC1CCN(C(=O)N(CC)C(C)CC(=O)O)CC1. The van der Waals surface area contributed by atoms with Gasteiger partial charge in [-0.05, 0) is 32.6 Å². The predicted molar refractivity (Wildman–Crippen MR) is 78.7 cm³/mol. The molecule has 1 N–H and O–H groups in total. The first kappa shape index (κ1) is 16.8. The second-order valence-corrected chi connectivity index (χ2v) is 5.73. The topological polar surface area (TPSA) is 60.9 Å². The Morgan fingerprint density at radius 3 is 2.35 bits per heavy atom. The molecule has 1 rings (SSSR count). The number of hydrogen-bond donors (Lipinski definition) is 1. The van der Waals surface area contributed by atoms with E-state index < -0.39 is 5.97 Å². The van der Waals surface area contributed by atoms with Crippen LogP contribution in [0, 0.1) is 5.92 Å². The van der Waals surface area contributed by atoms with Crippen LogP contribution in [0.4, 0.5) is 4.79 Å². The lowest BCUT2D eigenvalue weighted by atomic mass is 9.93. The Kier molecular flexibility index (Phi) is 6.82. The molecule has 1 heterocycles. The van der Waals surface area contributed by atoms with Gasteiger partial charge in [-0.1, -0.05) is 19.8 Å². The van der Waals surface area contributed by atoms with Crippen LogP contribution < -0.4 is 0 Å². The van der Waals surface area contributed by atoms with Crippen molar-refractivity contribution in [2.24, 2.45) is 5.92 Å². The molecule has 2 amide bonds. The largest absolute Gasteiger partial charge is 0.481 e. The van der Waals surface area contributed by atoms with E-state index in [1.54, 1.807) is 11.8 Å². The highest BCUT2D eigenvalue weighted by Crippen LogP contribution is 2.23. The Morgan fingerprint density at radius 1 is 1.30 bits per heavy atom. The van der Waals surface area contributed by atoms with Gasteiger partial charge in [-0.2, -0.15) is 0 Å². The van der Waals surface area contributed by atoms with Crippen molar-refractivity contribution < 1.29 is 14.7 Å². The quantitative estimate of drug-likeness (QED) is 0.816. The lowest BCUT2D eigenvalue weighted by molar-refractivity contribution is -0.138. The highest BCUT2D eigenvalue weighted by Gasteiger charge is 2.28. The number of hydrogen-bond acceptors (Lipinski definition) is 2. The summed E-state index contributed by atoms with van der Waals surface area (Å²) in [5.74, 6) is -0.110. The van der Waals surface area contributed by atoms with Crippen molar-refractivity contribution in [2.45, 2.75) is 58.9 Å². The Hall–Kier alpha value is -1.26. The van der Waals surface area contributed by atoms with Gasteiger partial charge in [0.1, 0.15) is 0 Å². The molecule has 1 unspecified atom stereocenters. The minimum absolute atomic E-state index is 0.00352. The molecule has 5 nitrogen and oxygen atoms in total. The van der Waals surface area contributed by atoms with Crippen molar-refractivity contribution >= 4 is 12.0 Å². The minimum atomic E-state index is -0.856. The molecular formula is C15H28N2O3. The molecule has 0 spiro atoms. The monoisotopic (exact) mass is 284 g/mol. The molecule has 0 saturated carbocycles. The van der Waals surface area contributed by atoms with Crippen LogP contribution in [0.2, 0.25) is 0 Å². The van der Waals surface area contributed by atoms with Crippen molar-refractivity contribution in [2.75, 3.05) is 19.6 Å². The maximum atomic E-state index is 12.5. The molecule has 1 fully saturated rings. The number of urea groups is 1. The first-order valence-electron chi connectivity index (χ1n) is 7.76. The van der Waals surface area contributed by atoms with Crippen LogP contribution in [0.5, 0.6) is 0 Å². The van der Waals surface area contributed by atoms with E-state index >= 15 is 0 Å². The highest BCUT2D eigenvalue weighted by atomic mass is 16.4. The fourth-order valence-electron chi connectivity index (χ4n) is 3.00. The fraction of sp³-hybridized carbons (Fsp3) is 0.867. The molecule has 5 heteroatoms. The molecule has 0 aromatic heterocycles. The molecule has 116 valence electrons. The molecule has 0 radical (unpaired) electrons. The first-order chi connectivity index (χ1) is 9.49. The van der Waals surface area contributed by atoms with Crippen LogP contribution in [0.25, 0.3) is 0 Å². The Bertz CT molecular complexity index is 325. The molecule has 20 heavy (non-hydrogen) atoms. The molecule has 0 aromatic rings. The molecule has 0 aromatic carbocycles. The van der Waals surface area contributed by atoms with E-state index in [-0.39, 0.29) is 18.5 Å². The number of carboxylic acids is 1. The zero-order valence-corrected chi connectivity index (χ0v) is 13.0. The Morgan fingerprint density at radius 2 is 1.90 bits per heavy atom. The van der Waals surface area contributed by atoms with Gasteiger partial charge in [0.25, 0.3) is 0 Å². The smallest absolute Gasteiger partial charge is 0.320 e. The summed E-state index contributed by atoms with van der Waals surface area (Å²) in [6.07, 6.45) is 4.60. The third-order valence-corrected chi connectivity index (χ3v) is 4.17. The Balaban J connectivity index is 2.53. The third-order valence-electron chi connectivity index (χ3n) is 4.17. The normalized spacial score (nSPS) is 17.9. The molecule has 1 saturated heterocycles. The van der Waals surface area contributed by atoms with Crippen molar-refractivity contribution in [3.05, 3.63) is 0 Å². The maximum absolute atomic E-state index is 12.5. The van der Waals surface area contributed by atoms with Crippen LogP contribution in [0.3, 0.4) is 0 Å². The minimum Gasteiger partial charge on any atom is -0.481 e. The number of aliphatic carboxylic acids is 1. The van der Waals surface area contributed by atoms with Crippen LogP contribution in [0.1, 0.15) is 52.9 Å². The summed E-state index contributed by atoms with van der Waals surface area (Å²) < 4.78 is 0. The number of carbonyl (C=O) groups excluding carboxylic acids is 1. The van der Waals surface area contributed by atoms with E-state index in [9.17, 15) is 9.59 Å². The fourth-order valence-corrected chi connectivity index (χ4v) is 3.00. The lowest BCUT2D eigenvalue weighted by Gasteiger charge is -2.37. The zero-order chi connectivity index (χ0) is 15.1. The van der Waals surface area contributed by atoms with Gasteiger partial charge in [0.05, 0.1) is 6.42 Å². The number of nitrogens with zero attached hydrogens (tertiary/aromatic N) is 2. The van der Waals surface area contributed by atoms with Gasteiger partial charge in [-0.15, -0.1) is 0 Å². The van der Waals surface area contributed by atoms with Crippen LogP contribution >= 0.6 is 0 Å². The van der Waals surface area contributed by atoms with E-state index in [4.69, 9.17) is 5.11 Å². The standard InChI is InChI=1S/C15H28N2O3/c1-4-6-13-7-9-16(10-8-13)15(20)17(5-2)12(3)11-14(18)19/h12-13H,4-11H2,1-3H3,(H,18,19). The van der Waals surface area contributed by atoms with E-state index in [1.807, 2.05) is 11.8 Å². The van der Waals surface area contributed by atoms with Gasteiger partial charge in [-0.3, -0.25) is 4.79 Å². The zero-order valence-electron chi connectivity index (χ0n) is 13.0. The number of rotatable bonds is 6. The molecule has 1 aliphatic heterocycles. The summed E-state index contributed by atoms with van der Waals surface area (Å²) in [7, 11) is 0. The van der Waals surface area contributed by atoms with Crippen molar-refractivity contribution in [1.29, 1.82) is 0 Å². The lowest BCUT2D eigenvalue weighted by Crippen LogP contribution is -2.50. The van der Waals surface area contributed by atoms with Gasteiger partial charge in [0.15, 0.2) is 0 Å². The van der Waals surface area contributed by atoms with Gasteiger partial charge in [0.2, 0.25) is 0 Å². The van der Waals surface area contributed by atoms with Crippen LogP contribution in [-0.2, 0) is 4.79 Å². The van der Waals surface area contributed by atoms with E-state index in [0.717, 1.165) is 31.8 Å². The second kappa shape index (κ2) is 8.12. The van der Waals surface area contributed by atoms with Gasteiger partial charge < -0.3 is 14.9 Å². The van der Waals surface area contributed by atoms with Crippen LogP contribution in [0.15, 0.2) is 0 Å². The van der Waals surface area contributed by atoms with Crippen molar-refractivity contribution in [3.63, 3.8) is 0 Å². The van der Waals surface area contributed by atoms with Crippen LogP contribution in [-0.4, -0.2) is 52.6 Å². The summed E-state index contributed by atoms with van der Waals surface area (Å²) in [6, 6.07) is -0.255. The van der Waals surface area contributed by atoms with Gasteiger partial charge >= 0.3 is 12.0 Å². The number of carboxylic acid groups (broad SMARTS) is 1. The first-order valence-corrected chi connectivity index (χ1v) is 7.76. The molecule has 0 bridgehead atoms. The molecule has 1 atom stereocenters. The third kappa shape index (κ3) is 4.69. The summed E-state index contributed by atoms with van der Waals surface area (Å²) >= 11 is 0. The number of carbonyl (C=O) groups is 2. The average Bonchev–Trinajstić information content (AvgIpc) is 2.39. The number of likely N-dealkylation sites (tertiary alicyclic amines) is 1. The van der Waals surface area contributed by atoms with Crippen molar-refractivity contribution in [1.82, 2.24) is 9.80 Å². The maximum Gasteiger partial charge on any atom is 0.320 e. The van der Waals surface area contributed by atoms with Gasteiger partial charge in [-0.25, -0.2) is 4.79 Å².